The number of ether oxygens (including phenoxy) is 1. The van der Waals surface area contributed by atoms with Crippen LogP contribution in [0.3, 0.4) is 0 Å². The van der Waals surface area contributed by atoms with Gasteiger partial charge in [0.05, 0.1) is 0 Å². The van der Waals surface area contributed by atoms with Crippen LogP contribution >= 0.6 is 15.9 Å². The van der Waals surface area contributed by atoms with Gasteiger partial charge in [0.15, 0.2) is 6.61 Å². The molecule has 0 aliphatic carbocycles. The summed E-state index contributed by atoms with van der Waals surface area (Å²) in [6, 6.07) is 9.50. The second kappa shape index (κ2) is 10.8. The third-order valence-electron chi connectivity index (χ3n) is 4.35. The number of halogens is 1. The van der Waals surface area contributed by atoms with Gasteiger partial charge in [-0.3, -0.25) is 25.2 Å². The lowest BCUT2D eigenvalue weighted by Crippen LogP contribution is -2.44. The van der Waals surface area contributed by atoms with Crippen molar-refractivity contribution in [2.24, 2.45) is 0 Å². The molecule has 160 valence electrons. The highest BCUT2D eigenvalue weighted by molar-refractivity contribution is 9.10. The van der Waals surface area contributed by atoms with Crippen molar-refractivity contribution < 1.29 is 19.1 Å². The van der Waals surface area contributed by atoms with Gasteiger partial charge in [0.25, 0.3) is 5.91 Å². The van der Waals surface area contributed by atoms with Crippen molar-refractivity contribution in [3.8, 4) is 5.75 Å². The molecule has 8 heteroatoms. The molecule has 0 aromatic heterocycles. The molecule has 2 rings (SSSR count). The topological polar surface area (TPSA) is 96.5 Å². The number of rotatable bonds is 7. The molecular weight excluding hydrogens is 450 g/mol. The minimum Gasteiger partial charge on any atom is -0.483 e. The van der Waals surface area contributed by atoms with Gasteiger partial charge in [0.2, 0.25) is 11.8 Å². The number of anilines is 1. The van der Waals surface area contributed by atoms with Crippen molar-refractivity contribution in [2.45, 2.75) is 40.5 Å². The van der Waals surface area contributed by atoms with E-state index in [0.717, 1.165) is 32.4 Å². The van der Waals surface area contributed by atoms with E-state index in [1.807, 2.05) is 58.0 Å². The van der Waals surface area contributed by atoms with Crippen molar-refractivity contribution in [2.75, 3.05) is 11.9 Å². The summed E-state index contributed by atoms with van der Waals surface area (Å²) in [5.41, 5.74) is 9.15. The first-order chi connectivity index (χ1) is 14.2. The molecule has 3 amide bonds. The molecule has 2 aromatic carbocycles. The predicted octanol–water partition coefficient (Wildman–Crippen LogP) is 3.63. The number of hydrazine groups is 1. The normalized spacial score (nSPS) is 10.3. The van der Waals surface area contributed by atoms with Gasteiger partial charge in [-0.15, -0.1) is 0 Å². The summed E-state index contributed by atoms with van der Waals surface area (Å²) >= 11 is 3.41. The van der Waals surface area contributed by atoms with Crippen LogP contribution in [0.1, 0.15) is 35.1 Å². The van der Waals surface area contributed by atoms with Crippen molar-refractivity contribution in [1.29, 1.82) is 0 Å². The van der Waals surface area contributed by atoms with E-state index in [4.69, 9.17) is 4.74 Å². The first kappa shape index (κ1) is 23.4. The Labute approximate surface area is 184 Å². The Morgan fingerprint density at radius 3 is 2.07 bits per heavy atom. The van der Waals surface area contributed by atoms with Crippen LogP contribution in [0.2, 0.25) is 0 Å². The van der Waals surface area contributed by atoms with E-state index in [-0.39, 0.29) is 25.4 Å². The molecule has 0 atom stereocenters. The molecule has 0 aliphatic heterocycles. The van der Waals surface area contributed by atoms with Crippen molar-refractivity contribution in [3.63, 3.8) is 0 Å². The number of carbonyl (C=O) groups excluding carboxylic acids is 3. The van der Waals surface area contributed by atoms with Gasteiger partial charge in [-0.25, -0.2) is 0 Å². The maximum Gasteiger partial charge on any atom is 0.276 e. The molecule has 0 heterocycles. The third-order valence-corrected chi connectivity index (χ3v) is 4.81. The van der Waals surface area contributed by atoms with E-state index in [2.05, 4.69) is 32.1 Å². The Morgan fingerprint density at radius 1 is 0.833 bits per heavy atom. The maximum atomic E-state index is 12.0. The zero-order chi connectivity index (χ0) is 22.3. The summed E-state index contributed by atoms with van der Waals surface area (Å²) < 4.78 is 6.49. The van der Waals surface area contributed by atoms with Crippen LogP contribution < -0.4 is 20.9 Å². The number of hydrogen-bond acceptors (Lipinski definition) is 4. The Balaban J connectivity index is 1.71. The number of aryl methyl sites for hydroxylation is 4. The van der Waals surface area contributed by atoms with Gasteiger partial charge >= 0.3 is 0 Å². The van der Waals surface area contributed by atoms with E-state index in [9.17, 15) is 14.4 Å². The van der Waals surface area contributed by atoms with Gasteiger partial charge < -0.3 is 10.1 Å². The molecule has 0 fully saturated rings. The van der Waals surface area contributed by atoms with Crippen LogP contribution in [0.25, 0.3) is 0 Å². The molecule has 0 saturated carbocycles. The number of benzene rings is 2. The van der Waals surface area contributed by atoms with Crippen LogP contribution in [-0.2, 0) is 14.4 Å². The minimum absolute atomic E-state index is 0.00278. The number of hydrogen-bond donors (Lipinski definition) is 3. The summed E-state index contributed by atoms with van der Waals surface area (Å²) in [4.78, 5) is 35.8. The van der Waals surface area contributed by atoms with Crippen LogP contribution in [0, 0.1) is 27.7 Å². The summed E-state index contributed by atoms with van der Waals surface area (Å²) in [6.07, 6.45) is -0.0500. The van der Waals surface area contributed by atoms with Gasteiger partial charge in [-0.2, -0.15) is 0 Å². The van der Waals surface area contributed by atoms with E-state index in [1.165, 1.54) is 0 Å². The summed E-state index contributed by atoms with van der Waals surface area (Å²) in [6.45, 7) is 7.41. The number of nitrogens with one attached hydrogen (secondary N) is 3. The molecule has 0 unspecified atom stereocenters. The Morgan fingerprint density at radius 2 is 1.43 bits per heavy atom. The fourth-order valence-electron chi connectivity index (χ4n) is 2.89. The number of carbonyl (C=O) groups is 3. The van der Waals surface area contributed by atoms with Gasteiger partial charge in [-0.05, 0) is 62.6 Å². The molecule has 0 radical (unpaired) electrons. The second-order valence-electron chi connectivity index (χ2n) is 7.12. The van der Waals surface area contributed by atoms with E-state index in [1.54, 1.807) is 0 Å². The fraction of sp³-hybridized carbons (Fsp3) is 0.318. The Bertz CT molecular complexity index is 936. The SMILES string of the molecule is Cc1ccc(NC(=O)CCC(=O)NNC(=O)COc2c(C)cc(Br)cc2C)c(C)c1. The van der Waals surface area contributed by atoms with E-state index < -0.39 is 11.8 Å². The van der Waals surface area contributed by atoms with Gasteiger partial charge in [0, 0.05) is 23.0 Å². The Hall–Kier alpha value is -2.87. The molecule has 2 aromatic rings. The molecule has 0 aliphatic rings. The maximum absolute atomic E-state index is 12.0. The van der Waals surface area contributed by atoms with Crippen LogP contribution in [0.4, 0.5) is 5.69 Å². The van der Waals surface area contributed by atoms with Crippen molar-refractivity contribution in [3.05, 3.63) is 57.1 Å². The lowest BCUT2D eigenvalue weighted by Gasteiger charge is -2.13. The quantitative estimate of drug-likeness (QED) is 0.532. The highest BCUT2D eigenvalue weighted by Gasteiger charge is 2.11. The van der Waals surface area contributed by atoms with Gasteiger partial charge in [0.1, 0.15) is 5.75 Å². The Kier molecular flexibility index (Phi) is 8.41. The molecule has 30 heavy (non-hydrogen) atoms. The standard InChI is InChI=1S/C22H26BrN3O4/c1-13-5-6-18(14(2)9-13)24-19(27)7-8-20(28)25-26-21(29)12-30-22-15(3)10-17(23)11-16(22)4/h5-6,9-11H,7-8,12H2,1-4H3,(H,24,27)(H,25,28)(H,26,29). The molecule has 0 bridgehead atoms. The number of amides is 3. The lowest BCUT2D eigenvalue weighted by atomic mass is 10.1. The van der Waals surface area contributed by atoms with Crippen molar-refractivity contribution in [1.82, 2.24) is 10.9 Å². The highest BCUT2D eigenvalue weighted by Crippen LogP contribution is 2.27. The lowest BCUT2D eigenvalue weighted by molar-refractivity contribution is -0.130. The zero-order valence-electron chi connectivity index (χ0n) is 17.5. The first-order valence-electron chi connectivity index (χ1n) is 9.50. The largest absolute Gasteiger partial charge is 0.483 e. The van der Waals surface area contributed by atoms with Crippen LogP contribution in [0.15, 0.2) is 34.8 Å². The first-order valence-corrected chi connectivity index (χ1v) is 10.3. The smallest absolute Gasteiger partial charge is 0.276 e. The van der Waals surface area contributed by atoms with E-state index >= 15 is 0 Å². The molecule has 0 saturated heterocycles. The third kappa shape index (κ3) is 7.18. The molecule has 0 spiro atoms. The molecule has 7 nitrogen and oxygen atoms in total. The van der Waals surface area contributed by atoms with Gasteiger partial charge in [-0.1, -0.05) is 33.6 Å². The zero-order valence-corrected chi connectivity index (χ0v) is 19.1. The average Bonchev–Trinajstić information content (AvgIpc) is 2.66. The van der Waals surface area contributed by atoms with Crippen LogP contribution in [0.5, 0.6) is 5.75 Å². The summed E-state index contributed by atoms with van der Waals surface area (Å²) in [7, 11) is 0. The second-order valence-corrected chi connectivity index (χ2v) is 8.04. The fourth-order valence-corrected chi connectivity index (χ4v) is 3.58. The summed E-state index contributed by atoms with van der Waals surface area (Å²) in [5.74, 6) is -0.601. The van der Waals surface area contributed by atoms with Crippen molar-refractivity contribution >= 4 is 39.3 Å². The monoisotopic (exact) mass is 475 g/mol. The average molecular weight is 476 g/mol. The predicted molar refractivity (Wildman–Crippen MR) is 119 cm³/mol. The molecule has 3 N–H and O–H groups in total. The highest BCUT2D eigenvalue weighted by atomic mass is 79.9. The molecular formula is C22H26BrN3O4. The summed E-state index contributed by atoms with van der Waals surface area (Å²) in [5, 5.41) is 2.78. The van der Waals surface area contributed by atoms with E-state index in [0.29, 0.717) is 5.75 Å². The van der Waals surface area contributed by atoms with Crippen LogP contribution in [-0.4, -0.2) is 24.3 Å². The minimum atomic E-state index is -0.496.